The SMILES string of the molecule is CC(=O)c1c(Nc2ccccc2C(=O)O)oc(C)cc1=O. The Bertz CT molecular complexity index is 776. The molecule has 0 saturated carbocycles. The lowest BCUT2D eigenvalue weighted by Gasteiger charge is -2.11. The molecule has 108 valence electrons. The van der Waals surface area contributed by atoms with Crippen molar-refractivity contribution in [3.05, 3.63) is 57.4 Å². The molecule has 1 aromatic carbocycles. The summed E-state index contributed by atoms with van der Waals surface area (Å²) < 4.78 is 5.36. The minimum absolute atomic E-state index is 0.0103. The zero-order valence-electron chi connectivity index (χ0n) is 11.5. The van der Waals surface area contributed by atoms with Crippen molar-refractivity contribution in [3.63, 3.8) is 0 Å². The number of para-hydroxylation sites is 1. The molecular formula is C15H13NO5. The van der Waals surface area contributed by atoms with Gasteiger partial charge in [0.05, 0.1) is 11.3 Å². The van der Waals surface area contributed by atoms with E-state index in [4.69, 9.17) is 9.52 Å². The van der Waals surface area contributed by atoms with Gasteiger partial charge in [-0.05, 0) is 26.0 Å². The van der Waals surface area contributed by atoms with E-state index in [2.05, 4.69) is 5.32 Å². The Hall–Kier alpha value is -2.89. The highest BCUT2D eigenvalue weighted by molar-refractivity contribution is 6.00. The molecule has 0 unspecified atom stereocenters. The number of Topliss-reactive ketones (excluding diaryl/α,β-unsaturated/α-hetero) is 1. The molecule has 0 bridgehead atoms. The summed E-state index contributed by atoms with van der Waals surface area (Å²) in [5, 5.41) is 11.8. The number of carbonyl (C=O) groups is 2. The molecule has 1 aromatic heterocycles. The van der Waals surface area contributed by atoms with Crippen LogP contribution in [0, 0.1) is 6.92 Å². The molecule has 2 aromatic rings. The quantitative estimate of drug-likeness (QED) is 0.839. The summed E-state index contributed by atoms with van der Waals surface area (Å²) in [7, 11) is 0. The molecule has 6 nitrogen and oxygen atoms in total. The third-order valence-electron chi connectivity index (χ3n) is 2.83. The van der Waals surface area contributed by atoms with Gasteiger partial charge in [0, 0.05) is 6.07 Å². The molecule has 0 amide bonds. The average Bonchev–Trinajstić information content (AvgIpc) is 2.37. The number of aryl methyl sites for hydroxylation is 1. The molecule has 0 saturated heterocycles. The van der Waals surface area contributed by atoms with Gasteiger partial charge in [-0.15, -0.1) is 0 Å². The van der Waals surface area contributed by atoms with Crippen molar-refractivity contribution in [1.29, 1.82) is 0 Å². The second-order valence-corrected chi connectivity index (χ2v) is 4.46. The number of benzene rings is 1. The van der Waals surface area contributed by atoms with Crippen molar-refractivity contribution in [2.45, 2.75) is 13.8 Å². The molecule has 1 heterocycles. The van der Waals surface area contributed by atoms with Crippen LogP contribution in [0.4, 0.5) is 11.6 Å². The van der Waals surface area contributed by atoms with Crippen LogP contribution in [0.1, 0.15) is 33.4 Å². The van der Waals surface area contributed by atoms with Crippen LogP contribution in [0.25, 0.3) is 0 Å². The summed E-state index contributed by atoms with van der Waals surface area (Å²) in [4.78, 5) is 34.6. The van der Waals surface area contributed by atoms with E-state index >= 15 is 0 Å². The molecule has 0 fully saturated rings. The smallest absolute Gasteiger partial charge is 0.337 e. The lowest BCUT2D eigenvalue weighted by Crippen LogP contribution is -2.16. The van der Waals surface area contributed by atoms with Crippen LogP contribution < -0.4 is 10.7 Å². The number of hydrogen-bond donors (Lipinski definition) is 2. The maximum absolute atomic E-state index is 11.9. The fourth-order valence-electron chi connectivity index (χ4n) is 1.93. The predicted molar refractivity (Wildman–Crippen MR) is 76.4 cm³/mol. The largest absolute Gasteiger partial charge is 0.478 e. The lowest BCUT2D eigenvalue weighted by molar-refractivity contribution is 0.0698. The molecule has 0 atom stereocenters. The number of anilines is 2. The van der Waals surface area contributed by atoms with E-state index in [1.165, 1.54) is 25.1 Å². The average molecular weight is 287 g/mol. The third-order valence-corrected chi connectivity index (χ3v) is 2.83. The van der Waals surface area contributed by atoms with Crippen LogP contribution in [0.15, 0.2) is 39.5 Å². The van der Waals surface area contributed by atoms with E-state index in [0.29, 0.717) is 5.76 Å². The highest BCUT2D eigenvalue weighted by Crippen LogP contribution is 2.23. The van der Waals surface area contributed by atoms with Crippen molar-refractivity contribution in [3.8, 4) is 0 Å². The van der Waals surface area contributed by atoms with E-state index in [0.717, 1.165) is 0 Å². The summed E-state index contributed by atoms with van der Waals surface area (Å²) in [6, 6.07) is 7.36. The topological polar surface area (TPSA) is 96.6 Å². The Morgan fingerprint density at radius 3 is 2.52 bits per heavy atom. The van der Waals surface area contributed by atoms with Gasteiger partial charge in [-0.25, -0.2) is 4.79 Å². The summed E-state index contributed by atoms with van der Waals surface area (Å²) >= 11 is 0. The molecular weight excluding hydrogens is 274 g/mol. The Kier molecular flexibility index (Phi) is 3.89. The Morgan fingerprint density at radius 1 is 1.24 bits per heavy atom. The summed E-state index contributed by atoms with van der Waals surface area (Å²) in [6.45, 7) is 2.81. The van der Waals surface area contributed by atoms with Crippen LogP contribution in [-0.2, 0) is 0 Å². The second kappa shape index (κ2) is 5.62. The molecule has 0 radical (unpaired) electrons. The first-order valence-corrected chi connectivity index (χ1v) is 6.15. The monoisotopic (exact) mass is 287 g/mol. The highest BCUT2D eigenvalue weighted by Gasteiger charge is 2.18. The fraction of sp³-hybridized carbons (Fsp3) is 0.133. The van der Waals surface area contributed by atoms with Gasteiger partial charge >= 0.3 is 5.97 Å². The van der Waals surface area contributed by atoms with Crippen LogP contribution in [0.5, 0.6) is 0 Å². The van der Waals surface area contributed by atoms with Gasteiger partial charge in [0.25, 0.3) is 0 Å². The first-order valence-electron chi connectivity index (χ1n) is 6.15. The Labute approximate surface area is 120 Å². The number of carboxylic acids is 1. The second-order valence-electron chi connectivity index (χ2n) is 4.46. The molecule has 21 heavy (non-hydrogen) atoms. The zero-order valence-corrected chi connectivity index (χ0v) is 11.5. The number of carboxylic acid groups (broad SMARTS) is 1. The molecule has 0 aliphatic heterocycles. The maximum Gasteiger partial charge on any atom is 0.337 e. The highest BCUT2D eigenvalue weighted by atomic mass is 16.4. The van der Waals surface area contributed by atoms with Gasteiger partial charge in [-0.1, -0.05) is 12.1 Å². The van der Waals surface area contributed by atoms with Crippen LogP contribution in [0.3, 0.4) is 0 Å². The van der Waals surface area contributed by atoms with E-state index in [9.17, 15) is 14.4 Å². The van der Waals surface area contributed by atoms with Gasteiger partial charge in [-0.3, -0.25) is 9.59 Å². The first-order chi connectivity index (χ1) is 9.90. The number of hydrogen-bond acceptors (Lipinski definition) is 5. The van der Waals surface area contributed by atoms with Gasteiger partial charge in [0.1, 0.15) is 11.3 Å². The number of rotatable bonds is 4. The zero-order chi connectivity index (χ0) is 15.6. The van der Waals surface area contributed by atoms with Crippen molar-refractivity contribution >= 4 is 23.3 Å². The molecule has 6 heteroatoms. The number of carbonyl (C=O) groups excluding carboxylic acids is 1. The minimum atomic E-state index is -1.13. The van der Waals surface area contributed by atoms with Gasteiger partial charge in [-0.2, -0.15) is 0 Å². The van der Waals surface area contributed by atoms with Crippen molar-refractivity contribution in [2.75, 3.05) is 5.32 Å². The Morgan fingerprint density at radius 2 is 1.90 bits per heavy atom. The molecule has 0 aliphatic rings. The third kappa shape index (κ3) is 3.00. The van der Waals surface area contributed by atoms with E-state index in [1.807, 2.05) is 0 Å². The van der Waals surface area contributed by atoms with E-state index < -0.39 is 17.2 Å². The van der Waals surface area contributed by atoms with E-state index in [-0.39, 0.29) is 22.7 Å². The normalized spacial score (nSPS) is 10.2. The van der Waals surface area contributed by atoms with Crippen molar-refractivity contribution in [2.24, 2.45) is 0 Å². The summed E-state index contributed by atoms with van der Waals surface area (Å²) in [5.41, 5.74) is -0.361. The fourth-order valence-corrected chi connectivity index (χ4v) is 1.93. The number of aromatic carboxylic acids is 1. The summed E-state index contributed by atoms with van der Waals surface area (Å²) in [5.74, 6) is -1.32. The molecule has 2 N–H and O–H groups in total. The first kappa shape index (κ1) is 14.5. The van der Waals surface area contributed by atoms with Crippen LogP contribution in [-0.4, -0.2) is 16.9 Å². The van der Waals surface area contributed by atoms with Crippen LogP contribution in [0.2, 0.25) is 0 Å². The molecule has 2 rings (SSSR count). The lowest BCUT2D eigenvalue weighted by atomic mass is 10.1. The van der Waals surface area contributed by atoms with Crippen molar-refractivity contribution < 1.29 is 19.1 Å². The molecule has 0 spiro atoms. The molecule has 0 aliphatic carbocycles. The standard InChI is InChI=1S/C15H13NO5/c1-8-7-12(18)13(9(2)17)14(21-8)16-11-6-4-3-5-10(11)15(19)20/h3-7,16H,1-2H3,(H,19,20). The number of ketones is 1. The Balaban J connectivity index is 2.57. The number of nitrogens with one attached hydrogen (secondary N) is 1. The van der Waals surface area contributed by atoms with Gasteiger partial charge in [0.2, 0.25) is 5.88 Å². The predicted octanol–water partition coefficient (Wildman–Crippen LogP) is 2.59. The van der Waals surface area contributed by atoms with E-state index in [1.54, 1.807) is 19.1 Å². The van der Waals surface area contributed by atoms with Crippen molar-refractivity contribution in [1.82, 2.24) is 0 Å². The van der Waals surface area contributed by atoms with Gasteiger partial charge < -0.3 is 14.8 Å². The minimum Gasteiger partial charge on any atom is -0.478 e. The van der Waals surface area contributed by atoms with Crippen LogP contribution >= 0.6 is 0 Å². The maximum atomic E-state index is 11.9. The summed E-state index contributed by atoms with van der Waals surface area (Å²) in [6.07, 6.45) is 0. The van der Waals surface area contributed by atoms with Gasteiger partial charge in [0.15, 0.2) is 11.2 Å².